The van der Waals surface area contributed by atoms with Gasteiger partial charge in [-0.2, -0.15) is 0 Å². The molecule has 0 aliphatic rings. The first-order chi connectivity index (χ1) is 9.47. The Morgan fingerprint density at radius 3 is 2.55 bits per heavy atom. The zero-order chi connectivity index (χ0) is 14.7. The molecule has 2 aromatic rings. The number of nitrogens with one attached hydrogen (secondary N) is 1. The van der Waals surface area contributed by atoms with Crippen LogP contribution in [0.25, 0.3) is 0 Å². The van der Waals surface area contributed by atoms with Gasteiger partial charge in [-0.3, -0.25) is 4.79 Å². The van der Waals surface area contributed by atoms with E-state index in [-0.39, 0.29) is 16.4 Å². The molecule has 1 heterocycles. The van der Waals surface area contributed by atoms with Crippen LogP contribution in [0.4, 0.5) is 5.69 Å². The van der Waals surface area contributed by atoms with Crippen LogP contribution in [-0.2, 0) is 0 Å². The van der Waals surface area contributed by atoms with Crippen molar-refractivity contribution in [2.24, 2.45) is 0 Å². The van der Waals surface area contributed by atoms with Crippen LogP contribution in [0.2, 0.25) is 5.15 Å². The molecule has 0 fully saturated rings. The number of carbonyl (C=O) groups is 2. The molecule has 6 nitrogen and oxygen atoms in total. The van der Waals surface area contributed by atoms with Gasteiger partial charge in [-0.1, -0.05) is 11.6 Å². The Labute approximate surface area is 126 Å². The number of benzene rings is 1. The molecule has 0 aliphatic heterocycles. The van der Waals surface area contributed by atoms with Gasteiger partial charge in [0.1, 0.15) is 0 Å². The van der Waals surface area contributed by atoms with Crippen molar-refractivity contribution in [2.45, 2.75) is 0 Å². The Morgan fingerprint density at radius 2 is 1.95 bits per heavy atom. The number of halogens is 2. The maximum Gasteiger partial charge on any atom is 0.336 e. The standard InChI is InChI=1S/C12H7BrClN3O3/c13-8-2-1-6(5-7(8)12(19)20)15-11(18)9-3-4-10(14)17-16-9/h1-5H,(H,15,18)(H,19,20). The summed E-state index contributed by atoms with van der Waals surface area (Å²) in [7, 11) is 0. The van der Waals surface area contributed by atoms with Gasteiger partial charge in [-0.15, -0.1) is 10.2 Å². The minimum absolute atomic E-state index is 0.0463. The number of hydrogen-bond donors (Lipinski definition) is 2. The number of aromatic nitrogens is 2. The monoisotopic (exact) mass is 355 g/mol. The molecule has 0 saturated carbocycles. The SMILES string of the molecule is O=C(Nc1ccc(Br)c(C(=O)O)c1)c1ccc(Cl)nn1. The van der Waals surface area contributed by atoms with Gasteiger partial charge in [0.2, 0.25) is 0 Å². The zero-order valence-corrected chi connectivity index (χ0v) is 12.1. The predicted octanol–water partition coefficient (Wildman–Crippen LogP) is 2.84. The Morgan fingerprint density at radius 1 is 1.20 bits per heavy atom. The molecule has 0 atom stereocenters. The third kappa shape index (κ3) is 3.31. The minimum atomic E-state index is -1.10. The maximum atomic E-state index is 11.9. The van der Waals surface area contributed by atoms with Crippen molar-refractivity contribution in [1.82, 2.24) is 10.2 Å². The molecule has 2 N–H and O–H groups in total. The van der Waals surface area contributed by atoms with Crippen molar-refractivity contribution < 1.29 is 14.7 Å². The lowest BCUT2D eigenvalue weighted by atomic mass is 10.2. The van der Waals surface area contributed by atoms with Crippen LogP contribution in [0.15, 0.2) is 34.8 Å². The zero-order valence-electron chi connectivity index (χ0n) is 9.80. The van der Waals surface area contributed by atoms with Crippen molar-refractivity contribution >= 4 is 45.1 Å². The first-order valence-corrected chi connectivity index (χ1v) is 6.48. The molecule has 0 saturated heterocycles. The van der Waals surface area contributed by atoms with Gasteiger partial charge in [-0.25, -0.2) is 4.79 Å². The molecular formula is C12H7BrClN3O3. The van der Waals surface area contributed by atoms with Crippen LogP contribution < -0.4 is 5.32 Å². The summed E-state index contributed by atoms with van der Waals surface area (Å²) < 4.78 is 0.425. The highest BCUT2D eigenvalue weighted by Crippen LogP contribution is 2.21. The van der Waals surface area contributed by atoms with Gasteiger partial charge in [-0.05, 0) is 46.3 Å². The van der Waals surface area contributed by atoms with Gasteiger partial charge >= 0.3 is 5.97 Å². The number of hydrogen-bond acceptors (Lipinski definition) is 4. The Hall–Kier alpha value is -1.99. The van der Waals surface area contributed by atoms with Crippen LogP contribution in [0.1, 0.15) is 20.8 Å². The number of nitrogens with zero attached hydrogens (tertiary/aromatic N) is 2. The Balaban J connectivity index is 2.21. The van der Waals surface area contributed by atoms with Crippen molar-refractivity contribution in [1.29, 1.82) is 0 Å². The van der Waals surface area contributed by atoms with E-state index in [1.807, 2.05) is 0 Å². The van der Waals surface area contributed by atoms with E-state index in [1.54, 1.807) is 6.07 Å². The van der Waals surface area contributed by atoms with Gasteiger partial charge in [0.25, 0.3) is 5.91 Å². The second-order valence-electron chi connectivity index (χ2n) is 3.70. The molecule has 102 valence electrons. The minimum Gasteiger partial charge on any atom is -0.478 e. The van der Waals surface area contributed by atoms with E-state index in [4.69, 9.17) is 16.7 Å². The van der Waals surface area contributed by atoms with Crippen molar-refractivity contribution in [3.63, 3.8) is 0 Å². The highest BCUT2D eigenvalue weighted by molar-refractivity contribution is 9.10. The molecule has 2 rings (SSSR count). The molecule has 1 aromatic heterocycles. The number of anilines is 1. The second-order valence-corrected chi connectivity index (χ2v) is 4.94. The number of carboxylic acid groups (broad SMARTS) is 1. The molecular weight excluding hydrogens is 350 g/mol. The lowest BCUT2D eigenvalue weighted by molar-refractivity contribution is 0.0695. The van der Waals surface area contributed by atoms with E-state index in [0.29, 0.717) is 10.2 Å². The van der Waals surface area contributed by atoms with Gasteiger partial charge in [0.05, 0.1) is 5.56 Å². The van der Waals surface area contributed by atoms with Crippen LogP contribution in [-0.4, -0.2) is 27.2 Å². The molecule has 0 radical (unpaired) electrons. The molecule has 0 spiro atoms. The molecule has 0 bridgehead atoms. The summed E-state index contributed by atoms with van der Waals surface area (Å²) in [5, 5.41) is 18.9. The van der Waals surface area contributed by atoms with E-state index < -0.39 is 11.9 Å². The maximum absolute atomic E-state index is 11.9. The summed E-state index contributed by atoms with van der Waals surface area (Å²) in [5.41, 5.74) is 0.464. The molecule has 1 amide bonds. The average Bonchev–Trinajstić information content (AvgIpc) is 2.41. The van der Waals surface area contributed by atoms with Gasteiger partial charge < -0.3 is 10.4 Å². The van der Waals surface area contributed by atoms with E-state index >= 15 is 0 Å². The van der Waals surface area contributed by atoms with Gasteiger partial charge in [0, 0.05) is 10.2 Å². The fraction of sp³-hybridized carbons (Fsp3) is 0. The molecule has 0 unspecified atom stereocenters. The Kier molecular flexibility index (Phi) is 4.31. The summed E-state index contributed by atoms with van der Waals surface area (Å²) in [5.74, 6) is -1.60. The first-order valence-electron chi connectivity index (χ1n) is 5.31. The summed E-state index contributed by atoms with van der Waals surface area (Å²) >= 11 is 8.69. The number of carbonyl (C=O) groups excluding carboxylic acids is 1. The number of amides is 1. The third-order valence-corrected chi connectivity index (χ3v) is 3.21. The van der Waals surface area contributed by atoms with Crippen LogP contribution in [0.3, 0.4) is 0 Å². The van der Waals surface area contributed by atoms with E-state index in [1.165, 1.54) is 24.3 Å². The van der Waals surface area contributed by atoms with E-state index in [2.05, 4.69) is 31.4 Å². The first kappa shape index (κ1) is 14.4. The van der Waals surface area contributed by atoms with Crippen molar-refractivity contribution in [2.75, 3.05) is 5.32 Å². The molecule has 20 heavy (non-hydrogen) atoms. The van der Waals surface area contributed by atoms with Crippen LogP contribution in [0, 0.1) is 0 Å². The highest BCUT2D eigenvalue weighted by Gasteiger charge is 2.12. The van der Waals surface area contributed by atoms with Crippen molar-refractivity contribution in [3.05, 3.63) is 51.2 Å². The van der Waals surface area contributed by atoms with E-state index in [0.717, 1.165) is 0 Å². The second kappa shape index (κ2) is 5.98. The van der Waals surface area contributed by atoms with Crippen LogP contribution in [0.5, 0.6) is 0 Å². The third-order valence-electron chi connectivity index (χ3n) is 2.32. The average molecular weight is 357 g/mol. The predicted molar refractivity (Wildman–Crippen MR) is 76.1 cm³/mol. The normalized spacial score (nSPS) is 10.1. The van der Waals surface area contributed by atoms with Gasteiger partial charge in [0.15, 0.2) is 10.8 Å². The summed E-state index contributed by atoms with van der Waals surface area (Å²) in [6.45, 7) is 0. The number of rotatable bonds is 3. The summed E-state index contributed by atoms with van der Waals surface area (Å²) in [4.78, 5) is 22.9. The van der Waals surface area contributed by atoms with E-state index in [9.17, 15) is 9.59 Å². The lowest BCUT2D eigenvalue weighted by Crippen LogP contribution is -2.14. The summed E-state index contributed by atoms with van der Waals surface area (Å²) in [6, 6.07) is 7.30. The molecule has 1 aromatic carbocycles. The Bertz CT molecular complexity index is 676. The number of carboxylic acids is 1. The largest absolute Gasteiger partial charge is 0.478 e. The topological polar surface area (TPSA) is 92.2 Å². The summed E-state index contributed by atoms with van der Waals surface area (Å²) in [6.07, 6.45) is 0. The van der Waals surface area contributed by atoms with Crippen LogP contribution >= 0.6 is 27.5 Å². The van der Waals surface area contributed by atoms with Crippen molar-refractivity contribution in [3.8, 4) is 0 Å². The highest BCUT2D eigenvalue weighted by atomic mass is 79.9. The molecule has 8 heteroatoms. The fourth-order valence-electron chi connectivity index (χ4n) is 1.40. The fourth-order valence-corrected chi connectivity index (χ4v) is 1.92. The lowest BCUT2D eigenvalue weighted by Gasteiger charge is -2.06. The quantitative estimate of drug-likeness (QED) is 0.882. The number of aromatic carboxylic acids is 1. The smallest absolute Gasteiger partial charge is 0.336 e. The molecule has 0 aliphatic carbocycles.